The van der Waals surface area contributed by atoms with Crippen LogP contribution in [0, 0.1) is 5.82 Å². The summed E-state index contributed by atoms with van der Waals surface area (Å²) in [5.74, 6) is -0.179. The Morgan fingerprint density at radius 2 is 1.62 bits per heavy atom. The fraction of sp³-hybridized carbons (Fsp3) is 0.300. The van der Waals surface area contributed by atoms with Crippen molar-refractivity contribution in [3.8, 4) is 0 Å². The second-order valence-electron chi connectivity index (χ2n) is 6.01. The Labute approximate surface area is 127 Å². The Kier molecular flexibility index (Phi) is 5.32. The number of hydrogen-bond acceptors (Lipinski definition) is 0. The van der Waals surface area contributed by atoms with Gasteiger partial charge in [0.05, 0.1) is 0 Å². The van der Waals surface area contributed by atoms with Crippen LogP contribution >= 0.6 is 0 Å². The summed E-state index contributed by atoms with van der Waals surface area (Å²) in [6.45, 7) is 4.32. The summed E-state index contributed by atoms with van der Waals surface area (Å²) < 4.78 is 13.0. The molecule has 0 fully saturated rings. The van der Waals surface area contributed by atoms with E-state index in [1.54, 1.807) is 0 Å². The molecule has 2 aromatic rings. The minimum Gasteiger partial charge on any atom is -0.207 e. The number of benzene rings is 2. The monoisotopic (exact) mass is 282 g/mol. The standard InChI is InChI=1S/C20H23F/c1-20(2,18-12-14-19(21)15-13-18)16-8-4-7-11-17-9-5-3-6-10-17/h3,5-6,8-10,12-16H,4,7,11H2,1-2H3/b16-8+. The van der Waals surface area contributed by atoms with Crippen molar-refractivity contribution in [3.63, 3.8) is 0 Å². The van der Waals surface area contributed by atoms with Gasteiger partial charge in [-0.3, -0.25) is 0 Å². The number of aryl methyl sites for hydroxylation is 1. The zero-order valence-corrected chi connectivity index (χ0v) is 12.9. The molecule has 0 amide bonds. The van der Waals surface area contributed by atoms with Gasteiger partial charge in [0.25, 0.3) is 0 Å². The first-order valence-electron chi connectivity index (χ1n) is 7.55. The first-order chi connectivity index (χ1) is 10.1. The van der Waals surface area contributed by atoms with Gasteiger partial charge in [0.1, 0.15) is 5.82 Å². The Hall–Kier alpha value is -1.89. The third-order valence-corrected chi connectivity index (χ3v) is 3.80. The van der Waals surface area contributed by atoms with E-state index in [1.807, 2.05) is 12.1 Å². The van der Waals surface area contributed by atoms with Gasteiger partial charge in [-0.25, -0.2) is 4.39 Å². The minimum absolute atomic E-state index is 0.0551. The second-order valence-corrected chi connectivity index (χ2v) is 6.01. The summed E-state index contributed by atoms with van der Waals surface area (Å²) in [6.07, 6.45) is 7.80. The van der Waals surface area contributed by atoms with Gasteiger partial charge in [-0.1, -0.05) is 68.5 Å². The number of rotatable bonds is 6. The smallest absolute Gasteiger partial charge is 0.123 e. The molecule has 1 heteroatoms. The lowest BCUT2D eigenvalue weighted by atomic mass is 9.84. The lowest BCUT2D eigenvalue weighted by Crippen LogP contribution is -2.13. The molecule has 0 nitrogen and oxygen atoms in total. The van der Waals surface area contributed by atoms with Gasteiger partial charge in [0.15, 0.2) is 0 Å². The summed E-state index contributed by atoms with van der Waals surface area (Å²) in [5, 5.41) is 0. The highest BCUT2D eigenvalue weighted by Crippen LogP contribution is 2.25. The van der Waals surface area contributed by atoms with E-state index in [0.29, 0.717) is 0 Å². The summed E-state index contributed by atoms with van der Waals surface area (Å²) in [5.41, 5.74) is 2.48. The third-order valence-electron chi connectivity index (χ3n) is 3.80. The van der Waals surface area contributed by atoms with Crippen LogP contribution < -0.4 is 0 Å². The van der Waals surface area contributed by atoms with Crippen LogP contribution in [-0.2, 0) is 11.8 Å². The van der Waals surface area contributed by atoms with Gasteiger partial charge in [0.2, 0.25) is 0 Å². The Balaban J connectivity index is 1.84. The average molecular weight is 282 g/mol. The highest BCUT2D eigenvalue weighted by atomic mass is 19.1. The quantitative estimate of drug-likeness (QED) is 0.472. The van der Waals surface area contributed by atoms with Crippen LogP contribution in [0.25, 0.3) is 0 Å². The normalized spacial score (nSPS) is 12.0. The highest BCUT2D eigenvalue weighted by Gasteiger charge is 2.16. The predicted octanol–water partition coefficient (Wildman–Crippen LogP) is 5.68. The van der Waals surface area contributed by atoms with E-state index >= 15 is 0 Å². The SMILES string of the molecule is CC(C)(/C=C/CCCc1ccccc1)c1ccc(F)cc1. The van der Waals surface area contributed by atoms with E-state index in [0.717, 1.165) is 24.8 Å². The zero-order valence-electron chi connectivity index (χ0n) is 12.9. The lowest BCUT2D eigenvalue weighted by Gasteiger charge is -2.20. The van der Waals surface area contributed by atoms with E-state index in [4.69, 9.17) is 0 Å². The molecule has 0 aliphatic rings. The van der Waals surface area contributed by atoms with E-state index in [-0.39, 0.29) is 11.2 Å². The molecule has 0 bridgehead atoms. The summed E-state index contributed by atoms with van der Waals surface area (Å²) in [4.78, 5) is 0. The van der Waals surface area contributed by atoms with Crippen molar-refractivity contribution in [2.75, 3.05) is 0 Å². The molecule has 0 aliphatic carbocycles. The van der Waals surface area contributed by atoms with Crippen LogP contribution in [0.3, 0.4) is 0 Å². The van der Waals surface area contributed by atoms with Crippen molar-refractivity contribution in [1.29, 1.82) is 0 Å². The molecule has 0 saturated carbocycles. The molecule has 2 rings (SSSR count). The Bertz CT molecular complexity index is 565. The van der Waals surface area contributed by atoms with E-state index in [9.17, 15) is 4.39 Å². The molecule has 2 aromatic carbocycles. The number of halogens is 1. The van der Waals surface area contributed by atoms with Gasteiger partial charge in [-0.15, -0.1) is 0 Å². The maximum Gasteiger partial charge on any atom is 0.123 e. The summed E-state index contributed by atoms with van der Waals surface area (Å²) in [6, 6.07) is 17.4. The van der Waals surface area contributed by atoms with Crippen molar-refractivity contribution in [2.24, 2.45) is 0 Å². The third kappa shape index (κ3) is 4.86. The van der Waals surface area contributed by atoms with E-state index in [2.05, 4.69) is 56.3 Å². The number of allylic oxidation sites excluding steroid dienone is 2. The predicted molar refractivity (Wildman–Crippen MR) is 87.9 cm³/mol. The largest absolute Gasteiger partial charge is 0.207 e. The molecule has 0 aliphatic heterocycles. The fourth-order valence-electron chi connectivity index (χ4n) is 2.42. The maximum atomic E-state index is 13.0. The van der Waals surface area contributed by atoms with Crippen molar-refractivity contribution in [3.05, 3.63) is 83.7 Å². The van der Waals surface area contributed by atoms with Gasteiger partial charge < -0.3 is 0 Å². The highest BCUT2D eigenvalue weighted by molar-refractivity contribution is 5.29. The first-order valence-corrected chi connectivity index (χ1v) is 7.55. The average Bonchev–Trinajstić information content (AvgIpc) is 2.48. The first kappa shape index (κ1) is 15.5. The van der Waals surface area contributed by atoms with Crippen molar-refractivity contribution >= 4 is 0 Å². The summed E-state index contributed by atoms with van der Waals surface area (Å²) in [7, 11) is 0. The zero-order chi connectivity index (χ0) is 15.1. The van der Waals surface area contributed by atoms with Gasteiger partial charge in [-0.05, 0) is 42.5 Å². The molecule has 0 unspecified atom stereocenters. The van der Waals surface area contributed by atoms with Crippen LogP contribution in [-0.4, -0.2) is 0 Å². The maximum absolute atomic E-state index is 13.0. The van der Waals surface area contributed by atoms with Gasteiger partial charge >= 0.3 is 0 Å². The van der Waals surface area contributed by atoms with Crippen LogP contribution in [0.4, 0.5) is 4.39 Å². The molecule has 21 heavy (non-hydrogen) atoms. The van der Waals surface area contributed by atoms with Crippen LogP contribution in [0.1, 0.15) is 37.8 Å². The summed E-state index contributed by atoms with van der Waals surface area (Å²) >= 11 is 0. The van der Waals surface area contributed by atoms with Gasteiger partial charge in [0, 0.05) is 5.41 Å². The van der Waals surface area contributed by atoms with Crippen LogP contribution in [0.15, 0.2) is 66.7 Å². The number of unbranched alkanes of at least 4 members (excludes halogenated alkanes) is 1. The van der Waals surface area contributed by atoms with Crippen molar-refractivity contribution < 1.29 is 4.39 Å². The van der Waals surface area contributed by atoms with Crippen molar-refractivity contribution in [1.82, 2.24) is 0 Å². The van der Waals surface area contributed by atoms with E-state index < -0.39 is 0 Å². The van der Waals surface area contributed by atoms with Crippen LogP contribution in [0.5, 0.6) is 0 Å². The molecule has 0 radical (unpaired) electrons. The fourth-order valence-corrected chi connectivity index (χ4v) is 2.42. The lowest BCUT2D eigenvalue weighted by molar-refractivity contribution is 0.619. The Morgan fingerprint density at radius 3 is 2.29 bits per heavy atom. The molecule has 0 aromatic heterocycles. The van der Waals surface area contributed by atoms with Crippen LogP contribution in [0.2, 0.25) is 0 Å². The molecule has 0 atom stereocenters. The molecule has 0 heterocycles. The minimum atomic E-state index is -0.179. The molecule has 110 valence electrons. The van der Waals surface area contributed by atoms with Crippen molar-refractivity contribution in [2.45, 2.75) is 38.5 Å². The second kappa shape index (κ2) is 7.21. The molecular weight excluding hydrogens is 259 g/mol. The Morgan fingerprint density at radius 1 is 0.952 bits per heavy atom. The molecule has 0 spiro atoms. The van der Waals surface area contributed by atoms with Gasteiger partial charge in [-0.2, -0.15) is 0 Å². The van der Waals surface area contributed by atoms with E-state index in [1.165, 1.54) is 17.7 Å². The topological polar surface area (TPSA) is 0 Å². The molecular formula is C20H23F. The molecule has 0 N–H and O–H groups in total. The number of hydrogen-bond donors (Lipinski definition) is 0. The molecule has 0 saturated heterocycles.